The molecule has 0 aromatic heterocycles. The fourth-order valence-electron chi connectivity index (χ4n) is 3.56. The van der Waals surface area contributed by atoms with E-state index in [0.717, 1.165) is 27.6 Å². The average Bonchev–Trinajstić information content (AvgIpc) is 2.77. The van der Waals surface area contributed by atoms with Crippen molar-refractivity contribution in [2.75, 3.05) is 23.9 Å². The largest absolute Gasteiger partial charge is 0.495 e. The summed E-state index contributed by atoms with van der Waals surface area (Å²) in [5, 5.41) is 2.11. The minimum atomic E-state index is -0.428. The van der Waals surface area contributed by atoms with Gasteiger partial charge in [-0.1, -0.05) is 18.2 Å². The van der Waals surface area contributed by atoms with Crippen LogP contribution in [0.15, 0.2) is 30.3 Å². The van der Waals surface area contributed by atoms with Gasteiger partial charge < -0.3 is 9.31 Å². The number of amides is 2. The van der Waals surface area contributed by atoms with Crippen LogP contribution in [0.25, 0.3) is 10.8 Å². The molecule has 0 atom stereocenters. The van der Waals surface area contributed by atoms with Crippen LogP contribution in [0.5, 0.6) is 0 Å². The average molecular weight is 338 g/mol. The van der Waals surface area contributed by atoms with Gasteiger partial charge in [-0.15, -0.1) is 0 Å². The highest BCUT2D eigenvalue weighted by molar-refractivity contribution is 6.65. The summed E-state index contributed by atoms with van der Waals surface area (Å²) in [4.78, 5) is 15.8. The molecule has 5 nitrogen and oxygen atoms in total. The van der Waals surface area contributed by atoms with Crippen molar-refractivity contribution in [1.29, 1.82) is 0 Å². The molecule has 2 aromatic carbocycles. The number of anilines is 2. The Morgan fingerprint density at radius 2 is 1.44 bits per heavy atom. The van der Waals surface area contributed by atoms with Crippen molar-refractivity contribution in [2.45, 2.75) is 38.9 Å². The first-order valence-corrected chi connectivity index (χ1v) is 8.57. The SMILES string of the molecule is CN1C(=O)N(C)c2ccc(B3OC(C)(C)C(C)(C)O3)c3cccc1c23. The first-order valence-electron chi connectivity index (χ1n) is 8.57. The van der Waals surface area contributed by atoms with Crippen LogP contribution in [0.4, 0.5) is 16.2 Å². The van der Waals surface area contributed by atoms with Crippen LogP contribution in [-0.4, -0.2) is 38.4 Å². The summed E-state index contributed by atoms with van der Waals surface area (Å²) in [5.41, 5.74) is 2.04. The van der Waals surface area contributed by atoms with Gasteiger partial charge in [-0.2, -0.15) is 0 Å². The molecular formula is C19H23BN2O3. The van der Waals surface area contributed by atoms with E-state index in [9.17, 15) is 4.79 Å². The van der Waals surface area contributed by atoms with Gasteiger partial charge in [-0.25, -0.2) is 4.79 Å². The van der Waals surface area contributed by atoms with Gasteiger partial charge in [0.25, 0.3) is 0 Å². The van der Waals surface area contributed by atoms with E-state index >= 15 is 0 Å². The Kier molecular flexibility index (Phi) is 3.28. The molecule has 0 radical (unpaired) electrons. The standard InChI is InChI=1S/C19H23BN2O3/c1-18(2)19(3,4)25-20(24-18)13-10-11-15-16-12(13)8-7-9-14(16)21(5)17(23)22(15)6/h7-11H,1-6H3. The van der Waals surface area contributed by atoms with Crippen LogP contribution >= 0.6 is 0 Å². The third-order valence-electron chi connectivity index (χ3n) is 5.83. The van der Waals surface area contributed by atoms with Crippen molar-refractivity contribution in [3.05, 3.63) is 30.3 Å². The lowest BCUT2D eigenvalue weighted by molar-refractivity contribution is 0.00578. The van der Waals surface area contributed by atoms with E-state index in [2.05, 4.69) is 33.8 Å². The van der Waals surface area contributed by atoms with Gasteiger partial charge in [0, 0.05) is 19.5 Å². The molecule has 2 aromatic rings. The number of hydrogen-bond acceptors (Lipinski definition) is 3. The maximum absolute atomic E-state index is 12.4. The summed E-state index contributed by atoms with van der Waals surface area (Å²) < 4.78 is 12.5. The van der Waals surface area contributed by atoms with Gasteiger partial charge in [0.1, 0.15) is 0 Å². The number of benzene rings is 2. The second kappa shape index (κ2) is 4.99. The fraction of sp³-hybridized carbons (Fsp3) is 0.421. The van der Waals surface area contributed by atoms with E-state index in [1.165, 1.54) is 0 Å². The Bertz CT molecular complexity index is 859. The zero-order valence-electron chi connectivity index (χ0n) is 15.6. The molecule has 0 N–H and O–H groups in total. The summed E-state index contributed by atoms with van der Waals surface area (Å²) in [6.45, 7) is 8.22. The Morgan fingerprint density at radius 1 is 0.880 bits per heavy atom. The quantitative estimate of drug-likeness (QED) is 0.750. The molecule has 0 unspecified atom stereocenters. The summed E-state index contributed by atoms with van der Waals surface area (Å²) in [5.74, 6) is 0. The zero-order chi connectivity index (χ0) is 18.1. The molecule has 2 aliphatic rings. The minimum Gasteiger partial charge on any atom is -0.399 e. The van der Waals surface area contributed by atoms with Crippen molar-refractivity contribution < 1.29 is 14.1 Å². The second-order valence-electron chi connectivity index (χ2n) is 7.86. The van der Waals surface area contributed by atoms with Crippen molar-refractivity contribution in [1.82, 2.24) is 0 Å². The summed E-state index contributed by atoms with van der Waals surface area (Å²) in [6.07, 6.45) is 0. The van der Waals surface area contributed by atoms with Gasteiger partial charge in [0.05, 0.1) is 22.6 Å². The van der Waals surface area contributed by atoms with Crippen LogP contribution in [0.2, 0.25) is 0 Å². The summed E-state index contributed by atoms with van der Waals surface area (Å²) in [6, 6.07) is 9.98. The maximum Gasteiger partial charge on any atom is 0.495 e. The molecule has 0 spiro atoms. The van der Waals surface area contributed by atoms with Gasteiger partial charge in [-0.3, -0.25) is 9.80 Å². The third-order valence-corrected chi connectivity index (χ3v) is 5.83. The van der Waals surface area contributed by atoms with Gasteiger partial charge >= 0.3 is 13.1 Å². The fourth-order valence-corrected chi connectivity index (χ4v) is 3.56. The Balaban J connectivity index is 1.92. The molecule has 0 bridgehead atoms. The molecule has 6 heteroatoms. The molecule has 1 fully saturated rings. The number of carbonyl (C=O) groups excluding carboxylic acids is 1. The maximum atomic E-state index is 12.4. The molecular weight excluding hydrogens is 315 g/mol. The first kappa shape index (κ1) is 16.4. The monoisotopic (exact) mass is 338 g/mol. The molecule has 130 valence electrons. The second-order valence-corrected chi connectivity index (χ2v) is 7.86. The molecule has 0 aliphatic carbocycles. The van der Waals surface area contributed by atoms with E-state index < -0.39 is 7.12 Å². The molecule has 25 heavy (non-hydrogen) atoms. The highest BCUT2D eigenvalue weighted by atomic mass is 16.7. The van der Waals surface area contributed by atoms with Crippen LogP contribution in [0.1, 0.15) is 27.7 Å². The van der Waals surface area contributed by atoms with Gasteiger partial charge in [0.15, 0.2) is 0 Å². The molecule has 2 amide bonds. The lowest BCUT2D eigenvalue weighted by Crippen LogP contribution is -2.43. The van der Waals surface area contributed by atoms with E-state index in [4.69, 9.17) is 9.31 Å². The van der Waals surface area contributed by atoms with Crippen molar-refractivity contribution in [2.24, 2.45) is 0 Å². The lowest BCUT2D eigenvalue weighted by atomic mass is 9.75. The number of carbonyl (C=O) groups is 1. The van der Waals surface area contributed by atoms with Crippen LogP contribution in [0.3, 0.4) is 0 Å². The first-order chi connectivity index (χ1) is 11.6. The van der Waals surface area contributed by atoms with Gasteiger partial charge in [0.2, 0.25) is 0 Å². The summed E-state index contributed by atoms with van der Waals surface area (Å²) >= 11 is 0. The van der Waals surface area contributed by atoms with Crippen molar-refractivity contribution >= 4 is 40.8 Å². The highest BCUT2D eigenvalue weighted by Gasteiger charge is 2.52. The molecule has 2 heterocycles. The Morgan fingerprint density at radius 3 is 2.04 bits per heavy atom. The molecule has 0 saturated carbocycles. The predicted octanol–water partition coefficient (Wildman–Crippen LogP) is 3.15. The van der Waals surface area contributed by atoms with E-state index in [1.807, 2.05) is 24.3 Å². The molecule has 1 saturated heterocycles. The Labute approximate surface area is 148 Å². The minimum absolute atomic E-state index is 0.0385. The van der Waals surface area contributed by atoms with Crippen LogP contribution in [-0.2, 0) is 9.31 Å². The van der Waals surface area contributed by atoms with Gasteiger partial charge in [-0.05, 0) is 50.7 Å². The topological polar surface area (TPSA) is 42.0 Å². The smallest absolute Gasteiger partial charge is 0.399 e. The van der Waals surface area contributed by atoms with Crippen LogP contribution < -0.4 is 15.3 Å². The third kappa shape index (κ3) is 2.14. The highest BCUT2D eigenvalue weighted by Crippen LogP contribution is 2.41. The van der Waals surface area contributed by atoms with Crippen molar-refractivity contribution in [3.63, 3.8) is 0 Å². The predicted molar refractivity (Wildman–Crippen MR) is 102 cm³/mol. The van der Waals surface area contributed by atoms with E-state index in [1.54, 1.807) is 23.9 Å². The molecule has 4 rings (SSSR count). The number of hydrogen-bond donors (Lipinski definition) is 0. The zero-order valence-corrected chi connectivity index (χ0v) is 15.6. The summed E-state index contributed by atoms with van der Waals surface area (Å²) in [7, 11) is 3.18. The van der Waals surface area contributed by atoms with E-state index in [0.29, 0.717) is 0 Å². The number of nitrogens with zero attached hydrogens (tertiary/aromatic N) is 2. The molecule has 2 aliphatic heterocycles. The van der Waals surface area contributed by atoms with Crippen molar-refractivity contribution in [3.8, 4) is 0 Å². The normalized spacial score (nSPS) is 21.4. The van der Waals surface area contributed by atoms with Crippen LogP contribution in [0, 0.1) is 0 Å². The number of rotatable bonds is 1. The van der Waals surface area contributed by atoms with E-state index in [-0.39, 0.29) is 17.2 Å². The number of urea groups is 1. The lowest BCUT2D eigenvalue weighted by Gasteiger charge is -2.33. The Hall–Kier alpha value is -2.05.